The molecule has 0 spiro atoms. The Hall–Kier alpha value is -2.53. The summed E-state index contributed by atoms with van der Waals surface area (Å²) in [7, 11) is 0. The molecule has 3 aromatic rings. The zero-order valence-corrected chi connectivity index (χ0v) is 16.7. The van der Waals surface area contributed by atoms with Gasteiger partial charge in [-0.15, -0.1) is 0 Å². The maximum Gasteiger partial charge on any atom is 0.319 e. The molecule has 1 aromatic heterocycles. The third kappa shape index (κ3) is 4.42. The van der Waals surface area contributed by atoms with E-state index in [1.165, 1.54) is 0 Å². The SMILES string of the molecule is CCCCNC(=O)Nc1c(C)c(C)cc2c1ncn2Cc1ccc(Cl)cc1. The molecule has 0 saturated heterocycles. The molecule has 3 rings (SSSR count). The van der Waals surface area contributed by atoms with Crippen LogP contribution in [0.3, 0.4) is 0 Å². The summed E-state index contributed by atoms with van der Waals surface area (Å²) in [6.45, 7) is 7.52. The molecule has 0 radical (unpaired) electrons. The van der Waals surface area contributed by atoms with Crippen LogP contribution in [0.15, 0.2) is 36.7 Å². The quantitative estimate of drug-likeness (QED) is 0.568. The van der Waals surface area contributed by atoms with Gasteiger partial charge in [0.25, 0.3) is 0 Å². The van der Waals surface area contributed by atoms with Crippen molar-refractivity contribution >= 4 is 34.4 Å². The summed E-state index contributed by atoms with van der Waals surface area (Å²) in [5.74, 6) is 0. The molecule has 0 bridgehead atoms. The highest BCUT2D eigenvalue weighted by atomic mass is 35.5. The highest BCUT2D eigenvalue weighted by molar-refractivity contribution is 6.30. The molecule has 0 aliphatic carbocycles. The average Bonchev–Trinajstić information content (AvgIpc) is 3.03. The van der Waals surface area contributed by atoms with Gasteiger partial charge in [0.05, 0.1) is 17.5 Å². The number of halogens is 1. The number of aromatic nitrogens is 2. The number of nitrogens with zero attached hydrogens (tertiary/aromatic N) is 2. The lowest BCUT2D eigenvalue weighted by Crippen LogP contribution is -2.29. The number of rotatable bonds is 6. The Morgan fingerprint density at radius 2 is 1.96 bits per heavy atom. The minimum Gasteiger partial charge on any atom is -0.338 e. The monoisotopic (exact) mass is 384 g/mol. The molecule has 27 heavy (non-hydrogen) atoms. The van der Waals surface area contributed by atoms with Crippen molar-refractivity contribution in [1.29, 1.82) is 0 Å². The second-order valence-corrected chi connectivity index (χ2v) is 7.23. The first-order chi connectivity index (χ1) is 13.0. The highest BCUT2D eigenvalue weighted by Crippen LogP contribution is 2.29. The van der Waals surface area contributed by atoms with Gasteiger partial charge in [0.2, 0.25) is 0 Å². The molecule has 0 unspecified atom stereocenters. The van der Waals surface area contributed by atoms with Gasteiger partial charge in [-0.2, -0.15) is 0 Å². The van der Waals surface area contributed by atoms with Crippen LogP contribution in [-0.2, 0) is 6.54 Å². The molecule has 6 heteroatoms. The van der Waals surface area contributed by atoms with Crippen LogP contribution in [0.5, 0.6) is 0 Å². The van der Waals surface area contributed by atoms with Crippen LogP contribution in [0, 0.1) is 13.8 Å². The van der Waals surface area contributed by atoms with Crippen LogP contribution in [0.25, 0.3) is 11.0 Å². The number of hydrogen-bond donors (Lipinski definition) is 2. The molecule has 2 amide bonds. The van der Waals surface area contributed by atoms with Crippen molar-refractivity contribution in [3.05, 3.63) is 58.4 Å². The van der Waals surface area contributed by atoms with Gasteiger partial charge >= 0.3 is 6.03 Å². The first-order valence-corrected chi connectivity index (χ1v) is 9.61. The molecular formula is C21H25ClN4O. The van der Waals surface area contributed by atoms with Crippen LogP contribution >= 0.6 is 11.6 Å². The van der Waals surface area contributed by atoms with Gasteiger partial charge in [-0.1, -0.05) is 37.1 Å². The van der Waals surface area contributed by atoms with Crippen molar-refractivity contribution in [1.82, 2.24) is 14.9 Å². The summed E-state index contributed by atoms with van der Waals surface area (Å²) in [4.78, 5) is 16.8. The zero-order valence-electron chi connectivity index (χ0n) is 16.0. The molecule has 1 heterocycles. The molecule has 2 N–H and O–H groups in total. The number of amides is 2. The van der Waals surface area contributed by atoms with Crippen LogP contribution in [0.1, 0.15) is 36.5 Å². The summed E-state index contributed by atoms with van der Waals surface area (Å²) in [5.41, 5.74) is 5.86. The number of anilines is 1. The van der Waals surface area contributed by atoms with Crippen molar-refractivity contribution < 1.29 is 4.79 Å². The summed E-state index contributed by atoms with van der Waals surface area (Å²) >= 11 is 5.98. The van der Waals surface area contributed by atoms with Crippen molar-refractivity contribution in [3.63, 3.8) is 0 Å². The van der Waals surface area contributed by atoms with E-state index in [0.717, 1.165) is 51.3 Å². The van der Waals surface area contributed by atoms with E-state index in [2.05, 4.69) is 40.1 Å². The van der Waals surface area contributed by atoms with Gasteiger partial charge in [0, 0.05) is 18.1 Å². The number of nitrogens with one attached hydrogen (secondary N) is 2. The second-order valence-electron chi connectivity index (χ2n) is 6.79. The predicted octanol–water partition coefficient (Wildman–Crippen LogP) is 5.28. The van der Waals surface area contributed by atoms with Gasteiger partial charge in [-0.3, -0.25) is 0 Å². The Kier molecular flexibility index (Phi) is 6.01. The fourth-order valence-electron chi connectivity index (χ4n) is 3.03. The molecule has 0 saturated carbocycles. The number of fused-ring (bicyclic) bond motifs is 1. The Morgan fingerprint density at radius 3 is 2.67 bits per heavy atom. The Bertz CT molecular complexity index is 947. The smallest absolute Gasteiger partial charge is 0.319 e. The fraction of sp³-hybridized carbons (Fsp3) is 0.333. The summed E-state index contributed by atoms with van der Waals surface area (Å²) < 4.78 is 2.09. The Labute approximate surface area is 164 Å². The largest absolute Gasteiger partial charge is 0.338 e. The van der Waals surface area contributed by atoms with Gasteiger partial charge in [-0.05, 0) is 55.2 Å². The Balaban J connectivity index is 1.90. The van der Waals surface area contributed by atoms with E-state index in [9.17, 15) is 4.79 Å². The zero-order chi connectivity index (χ0) is 19.4. The van der Waals surface area contributed by atoms with E-state index < -0.39 is 0 Å². The summed E-state index contributed by atoms with van der Waals surface area (Å²) in [6.07, 6.45) is 3.83. The van der Waals surface area contributed by atoms with Crippen LogP contribution < -0.4 is 10.6 Å². The number of benzene rings is 2. The number of aryl methyl sites for hydroxylation is 1. The van der Waals surface area contributed by atoms with Crippen molar-refractivity contribution in [2.45, 2.75) is 40.2 Å². The maximum atomic E-state index is 12.3. The number of imidazole rings is 1. The molecule has 0 atom stereocenters. The van der Waals surface area contributed by atoms with Gasteiger partial charge in [0.1, 0.15) is 5.52 Å². The third-order valence-electron chi connectivity index (χ3n) is 4.76. The summed E-state index contributed by atoms with van der Waals surface area (Å²) in [5, 5.41) is 6.62. The van der Waals surface area contributed by atoms with E-state index in [-0.39, 0.29) is 6.03 Å². The van der Waals surface area contributed by atoms with Crippen LogP contribution in [0.2, 0.25) is 5.02 Å². The number of urea groups is 1. The minimum absolute atomic E-state index is 0.189. The first kappa shape index (κ1) is 19.2. The third-order valence-corrected chi connectivity index (χ3v) is 5.01. The van der Waals surface area contributed by atoms with Crippen LogP contribution in [0.4, 0.5) is 10.5 Å². The number of hydrogen-bond acceptors (Lipinski definition) is 2. The van der Waals surface area contributed by atoms with Crippen molar-refractivity contribution in [2.75, 3.05) is 11.9 Å². The van der Waals surface area contributed by atoms with Crippen molar-refractivity contribution in [2.24, 2.45) is 0 Å². The van der Waals surface area contributed by atoms with E-state index in [1.807, 2.05) is 37.5 Å². The van der Waals surface area contributed by atoms with Crippen molar-refractivity contribution in [3.8, 4) is 0 Å². The van der Waals surface area contributed by atoms with E-state index >= 15 is 0 Å². The number of unbranched alkanes of at least 4 members (excludes halogenated alkanes) is 1. The topological polar surface area (TPSA) is 59.0 Å². The van der Waals surface area contributed by atoms with Gasteiger partial charge in [-0.25, -0.2) is 9.78 Å². The fourth-order valence-corrected chi connectivity index (χ4v) is 3.15. The average molecular weight is 385 g/mol. The Morgan fingerprint density at radius 1 is 1.22 bits per heavy atom. The van der Waals surface area contributed by atoms with E-state index in [4.69, 9.17) is 11.6 Å². The predicted molar refractivity (Wildman–Crippen MR) is 112 cm³/mol. The molecular weight excluding hydrogens is 360 g/mol. The van der Waals surface area contributed by atoms with E-state index in [0.29, 0.717) is 13.1 Å². The minimum atomic E-state index is -0.189. The number of carbonyl (C=O) groups is 1. The van der Waals surface area contributed by atoms with E-state index in [1.54, 1.807) is 0 Å². The highest BCUT2D eigenvalue weighted by Gasteiger charge is 2.15. The number of carbonyl (C=O) groups excluding carboxylic acids is 1. The maximum absolute atomic E-state index is 12.3. The lowest BCUT2D eigenvalue weighted by atomic mass is 10.1. The lowest BCUT2D eigenvalue weighted by molar-refractivity contribution is 0.252. The molecule has 5 nitrogen and oxygen atoms in total. The normalized spacial score (nSPS) is 11.0. The molecule has 0 aliphatic rings. The second kappa shape index (κ2) is 8.44. The van der Waals surface area contributed by atoms with Gasteiger partial charge in [0.15, 0.2) is 0 Å². The van der Waals surface area contributed by atoms with Crippen LogP contribution in [-0.4, -0.2) is 22.1 Å². The summed E-state index contributed by atoms with van der Waals surface area (Å²) in [6, 6.07) is 9.72. The molecule has 142 valence electrons. The lowest BCUT2D eigenvalue weighted by Gasteiger charge is -2.13. The molecule has 0 aliphatic heterocycles. The first-order valence-electron chi connectivity index (χ1n) is 9.24. The van der Waals surface area contributed by atoms with Gasteiger partial charge < -0.3 is 15.2 Å². The standard InChI is InChI=1S/C21H25ClN4O/c1-4-5-10-23-21(27)25-19-15(3)14(2)11-18-20(19)24-13-26(18)12-16-6-8-17(22)9-7-16/h6-9,11,13H,4-5,10,12H2,1-3H3,(H2,23,25,27). The molecule has 0 fully saturated rings. The molecule has 2 aromatic carbocycles.